The van der Waals surface area contributed by atoms with E-state index in [4.69, 9.17) is 9.47 Å². The molecule has 0 atom stereocenters. The van der Waals surface area contributed by atoms with Gasteiger partial charge in [-0.15, -0.1) is 0 Å². The number of rotatable bonds is 8. The number of nitrogens with one attached hydrogen (secondary N) is 2. The molecule has 0 aliphatic rings. The van der Waals surface area contributed by atoms with Crippen molar-refractivity contribution < 1.29 is 23.9 Å². The molecule has 3 rings (SSSR count). The van der Waals surface area contributed by atoms with Crippen molar-refractivity contribution in [3.63, 3.8) is 0 Å². The largest absolute Gasteiger partial charge is 0.473 e. The van der Waals surface area contributed by atoms with E-state index in [0.29, 0.717) is 22.4 Å². The first-order chi connectivity index (χ1) is 14.6. The van der Waals surface area contributed by atoms with E-state index in [1.54, 1.807) is 66.7 Å². The quantitative estimate of drug-likeness (QED) is 0.445. The van der Waals surface area contributed by atoms with Crippen molar-refractivity contribution in [1.29, 1.82) is 0 Å². The summed E-state index contributed by atoms with van der Waals surface area (Å²) in [6, 6.07) is 23.7. The maximum Gasteiger partial charge on any atom is 0.339 e. The monoisotopic (exact) mass is 404 g/mol. The molecule has 0 aliphatic heterocycles. The van der Waals surface area contributed by atoms with Gasteiger partial charge in [0.15, 0.2) is 13.5 Å². The molecule has 7 heteroatoms. The van der Waals surface area contributed by atoms with Crippen LogP contribution in [-0.2, 0) is 4.74 Å². The first-order valence-electron chi connectivity index (χ1n) is 9.20. The van der Waals surface area contributed by atoms with Crippen LogP contribution in [0.25, 0.3) is 0 Å². The Morgan fingerprint density at radius 3 is 1.63 bits per heavy atom. The molecule has 0 spiro atoms. The van der Waals surface area contributed by atoms with Crippen molar-refractivity contribution in [3.05, 3.63) is 102 Å². The van der Waals surface area contributed by atoms with Crippen LogP contribution in [0.5, 0.6) is 5.75 Å². The Bertz CT molecular complexity index is 989. The number of carbonyl (C=O) groups excluding carboxylic acids is 3. The van der Waals surface area contributed by atoms with Crippen LogP contribution >= 0.6 is 0 Å². The highest BCUT2D eigenvalue weighted by Gasteiger charge is 2.09. The van der Waals surface area contributed by atoms with Crippen LogP contribution in [0, 0.1) is 0 Å². The fraction of sp³-hybridized carbons (Fsp3) is 0.0870. The van der Waals surface area contributed by atoms with Crippen LogP contribution < -0.4 is 15.4 Å². The molecule has 0 aromatic heterocycles. The van der Waals surface area contributed by atoms with E-state index in [9.17, 15) is 14.4 Å². The fourth-order valence-corrected chi connectivity index (χ4v) is 2.51. The summed E-state index contributed by atoms with van der Waals surface area (Å²) in [6.07, 6.45) is 0. The average Bonchev–Trinajstić information content (AvgIpc) is 2.80. The van der Waals surface area contributed by atoms with Crippen LogP contribution in [0.3, 0.4) is 0 Å². The molecule has 0 heterocycles. The highest BCUT2D eigenvalue weighted by molar-refractivity contribution is 5.95. The minimum Gasteiger partial charge on any atom is -0.473 e. The van der Waals surface area contributed by atoms with Gasteiger partial charge in [0.05, 0.1) is 5.56 Å². The molecule has 0 bridgehead atoms. The summed E-state index contributed by atoms with van der Waals surface area (Å²) in [5.74, 6) is -0.664. The number of hydrogen-bond donors (Lipinski definition) is 2. The first-order valence-corrected chi connectivity index (χ1v) is 9.20. The third-order valence-electron chi connectivity index (χ3n) is 4.07. The van der Waals surface area contributed by atoms with Gasteiger partial charge in [-0.25, -0.2) is 4.79 Å². The normalized spacial score (nSPS) is 10.0. The molecule has 2 amide bonds. The summed E-state index contributed by atoms with van der Waals surface area (Å²) in [6.45, 7) is -0.251. The maximum atomic E-state index is 12.1. The van der Waals surface area contributed by atoms with Crippen molar-refractivity contribution in [2.75, 3.05) is 13.5 Å². The van der Waals surface area contributed by atoms with Crippen molar-refractivity contribution in [2.45, 2.75) is 0 Å². The van der Waals surface area contributed by atoms with E-state index in [2.05, 4.69) is 10.6 Å². The van der Waals surface area contributed by atoms with Crippen LogP contribution in [0.2, 0.25) is 0 Å². The smallest absolute Gasteiger partial charge is 0.339 e. The number of carbonyl (C=O) groups is 3. The number of ether oxygens (including phenoxy) is 2. The van der Waals surface area contributed by atoms with Crippen molar-refractivity contribution in [2.24, 2.45) is 0 Å². The second-order valence-electron chi connectivity index (χ2n) is 6.13. The lowest BCUT2D eigenvalue weighted by Crippen LogP contribution is -2.28. The molecule has 0 radical (unpaired) electrons. The summed E-state index contributed by atoms with van der Waals surface area (Å²) in [4.78, 5) is 35.9. The van der Waals surface area contributed by atoms with Gasteiger partial charge in [0.2, 0.25) is 0 Å². The van der Waals surface area contributed by atoms with Gasteiger partial charge in [-0.2, -0.15) is 0 Å². The molecule has 3 aromatic carbocycles. The average molecular weight is 404 g/mol. The molecule has 7 nitrogen and oxygen atoms in total. The van der Waals surface area contributed by atoms with Gasteiger partial charge in [-0.1, -0.05) is 36.4 Å². The number of amides is 2. The predicted molar refractivity (Wildman–Crippen MR) is 110 cm³/mol. The summed E-state index contributed by atoms with van der Waals surface area (Å²) < 4.78 is 10.5. The Hall–Kier alpha value is -4.13. The molecule has 3 aromatic rings. The highest BCUT2D eigenvalue weighted by atomic mass is 16.5. The molecule has 152 valence electrons. The van der Waals surface area contributed by atoms with Crippen molar-refractivity contribution in [1.82, 2.24) is 10.6 Å². The molecule has 0 aliphatic carbocycles. The summed E-state index contributed by atoms with van der Waals surface area (Å²) in [5, 5.41) is 5.16. The molecular weight excluding hydrogens is 384 g/mol. The topological polar surface area (TPSA) is 93.7 Å². The van der Waals surface area contributed by atoms with E-state index >= 15 is 0 Å². The highest BCUT2D eigenvalue weighted by Crippen LogP contribution is 2.12. The first kappa shape index (κ1) is 20.6. The van der Waals surface area contributed by atoms with Gasteiger partial charge in [-0.3, -0.25) is 9.59 Å². The Balaban J connectivity index is 1.40. The third kappa shape index (κ3) is 5.93. The molecule has 0 fully saturated rings. The van der Waals surface area contributed by atoms with Crippen LogP contribution in [-0.4, -0.2) is 31.2 Å². The minimum atomic E-state index is -0.577. The molecule has 2 N–H and O–H groups in total. The molecule has 0 saturated heterocycles. The summed E-state index contributed by atoms with van der Waals surface area (Å²) in [5.41, 5.74) is 1.33. The Labute approximate surface area is 173 Å². The van der Waals surface area contributed by atoms with Gasteiger partial charge < -0.3 is 20.1 Å². The zero-order valence-electron chi connectivity index (χ0n) is 16.0. The second kappa shape index (κ2) is 10.4. The second-order valence-corrected chi connectivity index (χ2v) is 6.13. The Morgan fingerprint density at radius 1 is 0.600 bits per heavy atom. The van der Waals surface area contributed by atoms with E-state index in [0.717, 1.165) is 0 Å². The molecular formula is C23H20N2O5. The maximum absolute atomic E-state index is 12.1. The molecule has 0 unspecified atom stereocenters. The van der Waals surface area contributed by atoms with Gasteiger partial charge in [0.1, 0.15) is 5.75 Å². The summed E-state index contributed by atoms with van der Waals surface area (Å²) in [7, 11) is 0. The minimum absolute atomic E-state index is 0.0109. The zero-order valence-corrected chi connectivity index (χ0v) is 16.0. The van der Waals surface area contributed by atoms with E-state index < -0.39 is 5.97 Å². The number of benzene rings is 3. The lowest BCUT2D eigenvalue weighted by Gasteiger charge is -2.09. The van der Waals surface area contributed by atoms with Crippen molar-refractivity contribution >= 4 is 17.8 Å². The van der Waals surface area contributed by atoms with Crippen LogP contribution in [0.15, 0.2) is 84.9 Å². The zero-order chi connectivity index (χ0) is 21.2. The third-order valence-corrected chi connectivity index (χ3v) is 4.07. The predicted octanol–water partition coefficient (Wildman–Crippen LogP) is 3.00. The molecule has 30 heavy (non-hydrogen) atoms. The van der Waals surface area contributed by atoms with Gasteiger partial charge >= 0.3 is 5.97 Å². The SMILES string of the molecule is O=C(NCOC(=O)c1ccc(OCNC(=O)c2ccccc2)cc1)c1ccccc1. The molecule has 0 saturated carbocycles. The van der Waals surface area contributed by atoms with E-state index in [1.165, 1.54) is 12.1 Å². The summed E-state index contributed by atoms with van der Waals surface area (Å²) >= 11 is 0. The van der Waals surface area contributed by atoms with Gasteiger partial charge in [-0.05, 0) is 48.5 Å². The Morgan fingerprint density at radius 2 is 1.10 bits per heavy atom. The standard InChI is InChI=1S/C23H20N2O5/c26-21(17-7-3-1-4-8-17)24-15-29-20-13-11-19(12-14-20)23(28)30-16-25-22(27)18-9-5-2-6-10-18/h1-14H,15-16H2,(H,24,26)(H,25,27). The lowest BCUT2D eigenvalue weighted by molar-refractivity contribution is 0.0463. The van der Waals surface area contributed by atoms with Gasteiger partial charge in [0.25, 0.3) is 11.8 Å². The van der Waals surface area contributed by atoms with Crippen LogP contribution in [0.4, 0.5) is 0 Å². The number of esters is 1. The number of hydrogen-bond acceptors (Lipinski definition) is 5. The van der Waals surface area contributed by atoms with Crippen molar-refractivity contribution in [3.8, 4) is 5.75 Å². The lowest BCUT2D eigenvalue weighted by atomic mass is 10.2. The van der Waals surface area contributed by atoms with E-state index in [-0.39, 0.29) is 25.3 Å². The Kier molecular flexibility index (Phi) is 7.16. The van der Waals surface area contributed by atoms with Crippen LogP contribution in [0.1, 0.15) is 31.1 Å². The van der Waals surface area contributed by atoms with E-state index in [1.807, 2.05) is 6.07 Å². The van der Waals surface area contributed by atoms with Gasteiger partial charge in [0, 0.05) is 11.1 Å². The fourth-order valence-electron chi connectivity index (χ4n) is 2.51.